The number of carbonyl (C=O) groups excluding carboxylic acids is 2. The summed E-state index contributed by atoms with van der Waals surface area (Å²) in [5.74, 6) is -1.37. The van der Waals surface area contributed by atoms with E-state index in [2.05, 4.69) is 15.6 Å². The van der Waals surface area contributed by atoms with Crippen molar-refractivity contribution in [1.29, 1.82) is 0 Å². The van der Waals surface area contributed by atoms with Crippen LogP contribution >= 0.6 is 23.1 Å². The number of imide groups is 1. The van der Waals surface area contributed by atoms with E-state index >= 15 is 0 Å². The van der Waals surface area contributed by atoms with Crippen molar-refractivity contribution in [1.82, 2.24) is 15.6 Å². The monoisotopic (exact) mass is 317 g/mol. The quantitative estimate of drug-likeness (QED) is 0.678. The molecule has 0 aliphatic rings. The van der Waals surface area contributed by atoms with Crippen molar-refractivity contribution >= 4 is 41.0 Å². The molecule has 110 valence electrons. The van der Waals surface area contributed by atoms with Gasteiger partial charge in [0.1, 0.15) is 0 Å². The van der Waals surface area contributed by atoms with Gasteiger partial charge >= 0.3 is 12.0 Å². The summed E-state index contributed by atoms with van der Waals surface area (Å²) in [4.78, 5) is 37.6. The van der Waals surface area contributed by atoms with Crippen molar-refractivity contribution in [3.8, 4) is 0 Å². The van der Waals surface area contributed by atoms with E-state index in [1.807, 2.05) is 0 Å². The second-order valence-corrected chi connectivity index (χ2v) is 6.23. The predicted octanol–water partition coefficient (Wildman–Crippen LogP) is 1.10. The van der Waals surface area contributed by atoms with E-state index in [-0.39, 0.29) is 6.42 Å². The maximum absolute atomic E-state index is 11.7. The third kappa shape index (κ3) is 5.57. The van der Waals surface area contributed by atoms with Gasteiger partial charge in [0.25, 0.3) is 0 Å². The van der Waals surface area contributed by atoms with E-state index in [0.29, 0.717) is 16.6 Å². The van der Waals surface area contributed by atoms with Crippen LogP contribution in [-0.4, -0.2) is 39.8 Å². The molecule has 9 heteroatoms. The Labute approximate surface area is 124 Å². The zero-order valence-corrected chi connectivity index (χ0v) is 12.6. The molecule has 1 heterocycles. The largest absolute Gasteiger partial charge is 0.481 e. The molecule has 0 saturated carbocycles. The third-order valence-corrected chi connectivity index (χ3v) is 4.20. The van der Waals surface area contributed by atoms with Crippen molar-refractivity contribution in [2.45, 2.75) is 29.9 Å². The van der Waals surface area contributed by atoms with Gasteiger partial charge < -0.3 is 10.4 Å². The van der Waals surface area contributed by atoms with Gasteiger partial charge in [-0.1, -0.05) is 11.8 Å². The van der Waals surface area contributed by atoms with Gasteiger partial charge in [-0.15, -0.1) is 11.3 Å². The molecular formula is C11H15N3O4S2. The van der Waals surface area contributed by atoms with Crippen molar-refractivity contribution in [3.05, 3.63) is 11.1 Å². The molecular weight excluding hydrogens is 302 g/mol. The fourth-order valence-corrected chi connectivity index (χ4v) is 3.18. The van der Waals surface area contributed by atoms with Gasteiger partial charge in [0, 0.05) is 11.9 Å². The lowest BCUT2D eigenvalue weighted by molar-refractivity contribution is -0.136. The summed E-state index contributed by atoms with van der Waals surface area (Å²) < 4.78 is 0.597. The molecule has 0 bridgehead atoms. The molecule has 0 aromatic carbocycles. The Balaban J connectivity index is 2.50. The minimum absolute atomic E-state index is 0.142. The number of nitrogens with one attached hydrogen (secondary N) is 2. The summed E-state index contributed by atoms with van der Waals surface area (Å²) >= 11 is 2.46. The fraction of sp³-hybridized carbons (Fsp3) is 0.455. The van der Waals surface area contributed by atoms with Crippen LogP contribution in [0.2, 0.25) is 0 Å². The van der Waals surface area contributed by atoms with Crippen molar-refractivity contribution in [2.24, 2.45) is 0 Å². The molecule has 3 amide bonds. The number of rotatable bonds is 6. The van der Waals surface area contributed by atoms with Crippen LogP contribution in [0.1, 0.15) is 19.5 Å². The first-order chi connectivity index (χ1) is 9.42. The van der Waals surface area contributed by atoms with Gasteiger partial charge in [-0.05, 0) is 13.8 Å². The molecule has 0 saturated heterocycles. The smallest absolute Gasteiger partial charge is 0.321 e. The molecule has 0 radical (unpaired) electrons. The number of carboxylic acid groups (broad SMARTS) is 1. The number of thioether (sulfide) groups is 1. The van der Waals surface area contributed by atoms with E-state index in [1.165, 1.54) is 23.1 Å². The van der Waals surface area contributed by atoms with Gasteiger partial charge in [-0.2, -0.15) is 0 Å². The predicted molar refractivity (Wildman–Crippen MR) is 76.0 cm³/mol. The average molecular weight is 317 g/mol. The molecule has 0 spiro atoms. The Hall–Kier alpha value is -1.61. The molecule has 1 atom stereocenters. The number of aliphatic carboxylic acids is 1. The van der Waals surface area contributed by atoms with Crippen LogP contribution in [0.4, 0.5) is 4.79 Å². The minimum atomic E-state index is -0.950. The van der Waals surface area contributed by atoms with Crippen LogP contribution in [-0.2, 0) is 16.0 Å². The lowest BCUT2D eigenvalue weighted by atomic mass is 10.3. The first-order valence-electron chi connectivity index (χ1n) is 5.84. The average Bonchev–Trinajstić information content (AvgIpc) is 2.75. The maximum Gasteiger partial charge on any atom is 0.321 e. The van der Waals surface area contributed by atoms with Gasteiger partial charge in [-0.3, -0.25) is 14.9 Å². The molecule has 0 fully saturated rings. The van der Waals surface area contributed by atoms with Crippen molar-refractivity contribution in [3.63, 3.8) is 0 Å². The second kappa shape index (κ2) is 7.85. The van der Waals surface area contributed by atoms with Crippen LogP contribution in [0.3, 0.4) is 0 Å². The zero-order valence-electron chi connectivity index (χ0n) is 11.0. The van der Waals surface area contributed by atoms with Crippen LogP contribution in [0.5, 0.6) is 0 Å². The zero-order chi connectivity index (χ0) is 15.1. The molecule has 20 heavy (non-hydrogen) atoms. The Morgan fingerprint density at radius 3 is 2.80 bits per heavy atom. The topological polar surface area (TPSA) is 108 Å². The Kier molecular flexibility index (Phi) is 6.46. The Morgan fingerprint density at radius 2 is 2.20 bits per heavy atom. The van der Waals surface area contributed by atoms with Gasteiger partial charge in [0.05, 0.1) is 17.4 Å². The second-order valence-electron chi connectivity index (χ2n) is 3.78. The van der Waals surface area contributed by atoms with E-state index in [1.54, 1.807) is 19.2 Å². The van der Waals surface area contributed by atoms with Crippen LogP contribution < -0.4 is 10.6 Å². The van der Waals surface area contributed by atoms with E-state index in [0.717, 1.165) is 0 Å². The highest BCUT2D eigenvalue weighted by molar-refractivity contribution is 8.02. The number of urea groups is 1. The fourth-order valence-electron chi connectivity index (χ4n) is 1.20. The number of carboxylic acids is 1. The molecule has 0 aliphatic carbocycles. The molecule has 1 aromatic rings. The number of aromatic nitrogens is 1. The first-order valence-corrected chi connectivity index (χ1v) is 7.59. The molecule has 1 rings (SSSR count). The standard InChI is InChI=1S/C11H15N3O4S2/c1-3-12-10(18)14-9(17)6(2)20-11-13-7(5-19-11)4-8(15)16/h5-6H,3-4H2,1-2H3,(H,15,16)(H2,12,14,17,18). The summed E-state index contributed by atoms with van der Waals surface area (Å²) in [6, 6.07) is -0.532. The summed E-state index contributed by atoms with van der Waals surface area (Å²) in [5, 5.41) is 14.5. The van der Waals surface area contributed by atoms with Crippen LogP contribution in [0, 0.1) is 0 Å². The molecule has 1 aromatic heterocycles. The SMILES string of the molecule is CCNC(=O)NC(=O)C(C)Sc1nc(CC(=O)O)cs1. The first kappa shape index (κ1) is 16.4. The van der Waals surface area contributed by atoms with Gasteiger partial charge in [0.2, 0.25) is 5.91 Å². The summed E-state index contributed by atoms with van der Waals surface area (Å²) in [6.45, 7) is 3.84. The number of hydrogen-bond acceptors (Lipinski definition) is 6. The summed E-state index contributed by atoms with van der Waals surface area (Å²) in [7, 11) is 0. The highest BCUT2D eigenvalue weighted by Gasteiger charge is 2.18. The van der Waals surface area contributed by atoms with Crippen LogP contribution in [0.15, 0.2) is 9.72 Å². The van der Waals surface area contributed by atoms with E-state index < -0.39 is 23.2 Å². The number of carbonyl (C=O) groups is 3. The lowest BCUT2D eigenvalue weighted by Gasteiger charge is -2.09. The van der Waals surface area contributed by atoms with Crippen molar-refractivity contribution in [2.75, 3.05) is 6.54 Å². The highest BCUT2D eigenvalue weighted by Crippen LogP contribution is 2.27. The normalized spacial score (nSPS) is 11.7. The number of amides is 3. The lowest BCUT2D eigenvalue weighted by Crippen LogP contribution is -2.42. The Morgan fingerprint density at radius 1 is 1.50 bits per heavy atom. The summed E-state index contributed by atoms with van der Waals surface area (Å²) in [6.07, 6.45) is -0.142. The van der Waals surface area contributed by atoms with Crippen molar-refractivity contribution < 1.29 is 19.5 Å². The highest BCUT2D eigenvalue weighted by atomic mass is 32.2. The van der Waals surface area contributed by atoms with Gasteiger partial charge in [0.15, 0.2) is 4.34 Å². The molecule has 0 aliphatic heterocycles. The number of nitrogens with zero attached hydrogens (tertiary/aromatic N) is 1. The molecule has 1 unspecified atom stereocenters. The summed E-state index contributed by atoms with van der Waals surface area (Å²) in [5.41, 5.74) is 0.460. The van der Waals surface area contributed by atoms with E-state index in [4.69, 9.17) is 5.11 Å². The number of thiazole rings is 1. The van der Waals surface area contributed by atoms with E-state index in [9.17, 15) is 14.4 Å². The minimum Gasteiger partial charge on any atom is -0.481 e. The Bertz CT molecular complexity index is 504. The van der Waals surface area contributed by atoms with Crippen LogP contribution in [0.25, 0.3) is 0 Å². The number of hydrogen-bond donors (Lipinski definition) is 3. The third-order valence-electron chi connectivity index (χ3n) is 2.08. The molecule has 3 N–H and O–H groups in total. The molecule has 7 nitrogen and oxygen atoms in total. The maximum atomic E-state index is 11.7. The van der Waals surface area contributed by atoms with Gasteiger partial charge in [-0.25, -0.2) is 9.78 Å².